The van der Waals surface area contributed by atoms with Crippen molar-refractivity contribution in [2.24, 2.45) is 0 Å². The molecule has 0 spiro atoms. The number of carbonyl (C=O) groups excluding carboxylic acids is 2. The third kappa shape index (κ3) is 0.891. The second-order valence-electron chi connectivity index (χ2n) is 2.95. The Morgan fingerprint density at radius 3 is 2.50 bits per heavy atom. The highest BCUT2D eigenvalue weighted by molar-refractivity contribution is 6.52. The molecule has 0 N–H and O–H groups in total. The van der Waals surface area contributed by atoms with E-state index in [1.165, 1.54) is 7.05 Å². The van der Waals surface area contributed by atoms with Crippen molar-refractivity contribution in [2.75, 3.05) is 11.9 Å². The molecule has 0 unspecified atom stereocenters. The maximum Gasteiger partial charge on any atom is 0.299 e. The fourth-order valence-electron chi connectivity index (χ4n) is 1.42. The Hall–Kier alpha value is -1.78. The number of amides is 1. The van der Waals surface area contributed by atoms with Crippen molar-refractivity contribution in [1.82, 2.24) is 0 Å². The number of likely N-dealkylation sites (N-methyl/N-ethyl adjacent to an activating group) is 1. The standard InChI is InChI=1S/C9H5F2NO2/c1-12-7-4(8(13)9(12)14)2-3-5(10)6(7)11/h2-3H,1H3. The van der Waals surface area contributed by atoms with Gasteiger partial charge in [0.05, 0.1) is 11.3 Å². The maximum absolute atomic E-state index is 13.2. The smallest absolute Gasteiger partial charge is 0.299 e. The summed E-state index contributed by atoms with van der Waals surface area (Å²) in [5.74, 6) is -3.88. The molecular formula is C9H5F2NO2. The molecule has 1 amide bonds. The third-order valence-corrected chi connectivity index (χ3v) is 2.15. The molecule has 0 saturated heterocycles. The van der Waals surface area contributed by atoms with Gasteiger partial charge in [-0.05, 0) is 12.1 Å². The van der Waals surface area contributed by atoms with E-state index in [0.29, 0.717) is 0 Å². The molecule has 2 rings (SSSR count). The first-order chi connectivity index (χ1) is 6.54. The Kier molecular flexibility index (Phi) is 1.64. The largest absolute Gasteiger partial charge is 0.305 e. The Balaban J connectivity index is 2.76. The highest BCUT2D eigenvalue weighted by Gasteiger charge is 2.36. The number of rotatable bonds is 0. The maximum atomic E-state index is 13.2. The van der Waals surface area contributed by atoms with Crippen molar-refractivity contribution in [1.29, 1.82) is 0 Å². The fourth-order valence-corrected chi connectivity index (χ4v) is 1.42. The van der Waals surface area contributed by atoms with E-state index < -0.39 is 23.3 Å². The SMILES string of the molecule is CN1C(=O)C(=O)c2ccc(F)c(F)c21. The summed E-state index contributed by atoms with van der Waals surface area (Å²) in [4.78, 5) is 23.1. The van der Waals surface area contributed by atoms with E-state index in [-0.39, 0.29) is 11.3 Å². The van der Waals surface area contributed by atoms with Crippen LogP contribution in [0.3, 0.4) is 0 Å². The number of fused-ring (bicyclic) bond motifs is 1. The first kappa shape index (κ1) is 8.80. The van der Waals surface area contributed by atoms with Gasteiger partial charge in [0.1, 0.15) is 0 Å². The highest BCUT2D eigenvalue weighted by Crippen LogP contribution is 2.31. The van der Waals surface area contributed by atoms with Crippen LogP contribution in [0, 0.1) is 11.6 Å². The zero-order valence-electron chi connectivity index (χ0n) is 7.17. The number of hydrogen-bond donors (Lipinski definition) is 0. The molecule has 0 aliphatic carbocycles. The van der Waals surface area contributed by atoms with E-state index >= 15 is 0 Å². The second kappa shape index (κ2) is 2.60. The molecule has 14 heavy (non-hydrogen) atoms. The first-order valence-corrected chi connectivity index (χ1v) is 3.84. The average molecular weight is 197 g/mol. The second-order valence-corrected chi connectivity index (χ2v) is 2.95. The lowest BCUT2D eigenvalue weighted by Crippen LogP contribution is -2.25. The lowest BCUT2D eigenvalue weighted by atomic mass is 10.1. The molecule has 0 atom stereocenters. The molecule has 0 aromatic heterocycles. The minimum Gasteiger partial charge on any atom is -0.305 e. The summed E-state index contributed by atoms with van der Waals surface area (Å²) in [7, 11) is 1.23. The van der Waals surface area contributed by atoms with Gasteiger partial charge in [-0.15, -0.1) is 0 Å². The van der Waals surface area contributed by atoms with Crippen molar-refractivity contribution in [3.05, 3.63) is 29.3 Å². The molecule has 1 aromatic carbocycles. The van der Waals surface area contributed by atoms with Crippen LogP contribution in [0.1, 0.15) is 10.4 Å². The number of benzene rings is 1. The molecule has 3 nitrogen and oxygen atoms in total. The molecule has 0 bridgehead atoms. The Bertz CT molecular complexity index is 456. The molecule has 1 aromatic rings. The van der Waals surface area contributed by atoms with Crippen LogP contribution in [0.15, 0.2) is 12.1 Å². The quantitative estimate of drug-likeness (QED) is 0.584. The zero-order valence-corrected chi connectivity index (χ0v) is 7.17. The molecule has 1 aliphatic rings. The zero-order chi connectivity index (χ0) is 10.5. The number of Topliss-reactive ketones (excluding diaryl/α,β-unsaturated/α-hetero) is 1. The lowest BCUT2D eigenvalue weighted by Gasteiger charge is -2.09. The summed E-state index contributed by atoms with van der Waals surface area (Å²) in [6, 6.07) is 1.94. The van der Waals surface area contributed by atoms with Gasteiger partial charge >= 0.3 is 0 Å². The summed E-state index contributed by atoms with van der Waals surface area (Å²) in [5, 5.41) is 0. The van der Waals surface area contributed by atoms with Gasteiger partial charge in [0.15, 0.2) is 11.6 Å². The van der Waals surface area contributed by atoms with Crippen LogP contribution in [0.5, 0.6) is 0 Å². The van der Waals surface area contributed by atoms with Gasteiger partial charge < -0.3 is 4.90 Å². The van der Waals surface area contributed by atoms with Crippen molar-refractivity contribution < 1.29 is 18.4 Å². The van der Waals surface area contributed by atoms with Crippen molar-refractivity contribution in [2.45, 2.75) is 0 Å². The predicted octanol–water partition coefficient (Wildman–Crippen LogP) is 1.12. The monoisotopic (exact) mass is 197 g/mol. The number of halogens is 2. The van der Waals surface area contributed by atoms with Gasteiger partial charge in [0.25, 0.3) is 11.7 Å². The van der Waals surface area contributed by atoms with Gasteiger partial charge in [0.2, 0.25) is 0 Å². The van der Waals surface area contributed by atoms with Crippen LogP contribution in [0.2, 0.25) is 0 Å². The molecule has 0 radical (unpaired) electrons. The van der Waals surface area contributed by atoms with Gasteiger partial charge in [-0.25, -0.2) is 8.78 Å². The summed E-state index contributed by atoms with van der Waals surface area (Å²) < 4.78 is 26.0. The van der Waals surface area contributed by atoms with Crippen LogP contribution in [-0.2, 0) is 4.79 Å². The van der Waals surface area contributed by atoms with Gasteiger partial charge in [-0.3, -0.25) is 9.59 Å². The average Bonchev–Trinajstić information content (AvgIpc) is 2.38. The number of anilines is 1. The summed E-state index contributed by atoms with van der Waals surface area (Å²) >= 11 is 0. The molecule has 0 saturated carbocycles. The number of hydrogen-bond acceptors (Lipinski definition) is 2. The molecule has 72 valence electrons. The molecular weight excluding hydrogens is 192 g/mol. The minimum atomic E-state index is -1.16. The van der Waals surface area contributed by atoms with E-state index in [0.717, 1.165) is 17.0 Å². The van der Waals surface area contributed by atoms with E-state index in [4.69, 9.17) is 0 Å². The summed E-state index contributed by atoms with van der Waals surface area (Å²) in [5.41, 5.74) is -0.364. The van der Waals surface area contributed by atoms with Gasteiger partial charge in [0, 0.05) is 7.05 Å². The summed E-state index contributed by atoms with van der Waals surface area (Å²) in [6.45, 7) is 0. The van der Waals surface area contributed by atoms with E-state index in [1.807, 2.05) is 0 Å². The lowest BCUT2D eigenvalue weighted by molar-refractivity contribution is -0.114. The van der Waals surface area contributed by atoms with Crippen LogP contribution < -0.4 is 4.90 Å². The van der Waals surface area contributed by atoms with Crippen LogP contribution >= 0.6 is 0 Å². The van der Waals surface area contributed by atoms with Gasteiger partial charge in [-0.1, -0.05) is 0 Å². The topological polar surface area (TPSA) is 37.4 Å². The molecule has 1 aliphatic heterocycles. The Morgan fingerprint density at radius 2 is 1.86 bits per heavy atom. The van der Waals surface area contributed by atoms with Crippen LogP contribution in [-0.4, -0.2) is 18.7 Å². The number of carbonyl (C=O) groups is 2. The molecule has 5 heteroatoms. The van der Waals surface area contributed by atoms with Crippen LogP contribution in [0.4, 0.5) is 14.5 Å². The van der Waals surface area contributed by atoms with Crippen molar-refractivity contribution >= 4 is 17.4 Å². The number of ketones is 1. The highest BCUT2D eigenvalue weighted by atomic mass is 19.2. The first-order valence-electron chi connectivity index (χ1n) is 3.84. The normalized spacial score (nSPS) is 14.9. The van der Waals surface area contributed by atoms with E-state index in [9.17, 15) is 18.4 Å². The Morgan fingerprint density at radius 1 is 1.21 bits per heavy atom. The predicted molar refractivity (Wildman–Crippen MR) is 44.1 cm³/mol. The number of nitrogens with zero attached hydrogens (tertiary/aromatic N) is 1. The van der Waals surface area contributed by atoms with Crippen molar-refractivity contribution in [3.63, 3.8) is 0 Å². The van der Waals surface area contributed by atoms with Crippen molar-refractivity contribution in [3.8, 4) is 0 Å². The van der Waals surface area contributed by atoms with E-state index in [2.05, 4.69) is 0 Å². The van der Waals surface area contributed by atoms with Gasteiger partial charge in [-0.2, -0.15) is 0 Å². The molecule has 0 fully saturated rings. The fraction of sp³-hybridized carbons (Fsp3) is 0.111. The minimum absolute atomic E-state index is 0.0867. The molecule has 1 heterocycles. The van der Waals surface area contributed by atoms with E-state index in [1.54, 1.807) is 0 Å². The third-order valence-electron chi connectivity index (χ3n) is 2.15. The summed E-state index contributed by atoms with van der Waals surface area (Å²) in [6.07, 6.45) is 0. The Labute approximate surface area is 77.9 Å². The van der Waals surface area contributed by atoms with Crippen LogP contribution in [0.25, 0.3) is 0 Å².